The smallest absolute Gasteiger partial charge is 0.0619 e. The van der Waals surface area contributed by atoms with Gasteiger partial charge in [-0.2, -0.15) is 0 Å². The number of benzene rings is 7. The molecule has 0 bridgehead atoms. The van der Waals surface area contributed by atoms with Crippen molar-refractivity contribution in [1.29, 1.82) is 0 Å². The van der Waals surface area contributed by atoms with Crippen molar-refractivity contribution in [3.8, 4) is 0 Å². The highest BCUT2D eigenvalue weighted by atomic mass is 15.2. The summed E-state index contributed by atoms with van der Waals surface area (Å²) in [7, 11) is 8.32. The van der Waals surface area contributed by atoms with Crippen molar-refractivity contribution in [2.45, 2.75) is 0 Å². The van der Waals surface area contributed by atoms with Crippen LogP contribution < -0.4 is 19.6 Å². The van der Waals surface area contributed by atoms with Crippen molar-refractivity contribution < 1.29 is 0 Å². The molecule has 4 heteroatoms. The third-order valence-electron chi connectivity index (χ3n) is 8.60. The van der Waals surface area contributed by atoms with Gasteiger partial charge in [0.05, 0.1) is 11.4 Å². The van der Waals surface area contributed by atoms with Gasteiger partial charge in [0.2, 0.25) is 0 Å². The van der Waals surface area contributed by atoms with E-state index in [0.29, 0.717) is 0 Å². The number of fused-ring (bicyclic) bond motifs is 2. The lowest BCUT2D eigenvalue weighted by Gasteiger charge is -2.33. The number of hydrogen-bond donors (Lipinski definition) is 0. The molecule has 4 nitrogen and oxygen atoms in total. The molecule has 0 heterocycles. The molecule has 0 saturated carbocycles. The Kier molecular flexibility index (Phi) is 7.78. The van der Waals surface area contributed by atoms with Gasteiger partial charge in [0.1, 0.15) is 0 Å². The number of anilines is 8. The zero-order valence-electron chi connectivity index (χ0n) is 26.8. The van der Waals surface area contributed by atoms with Crippen LogP contribution in [0.2, 0.25) is 0 Å². The van der Waals surface area contributed by atoms with E-state index < -0.39 is 0 Å². The predicted octanol–water partition coefficient (Wildman–Crippen LogP) is 11.1. The molecule has 46 heavy (non-hydrogen) atoms. The van der Waals surface area contributed by atoms with Crippen LogP contribution >= 0.6 is 0 Å². The summed E-state index contributed by atoms with van der Waals surface area (Å²) in [5.41, 5.74) is 9.11. The second-order valence-corrected chi connectivity index (χ2v) is 12.0. The van der Waals surface area contributed by atoms with E-state index in [2.05, 4.69) is 206 Å². The van der Waals surface area contributed by atoms with Gasteiger partial charge in [-0.1, -0.05) is 84.9 Å². The first-order valence-electron chi connectivity index (χ1n) is 15.7. The second-order valence-electron chi connectivity index (χ2n) is 12.0. The summed E-state index contributed by atoms with van der Waals surface area (Å²) in [6, 6.07) is 56.7. The minimum atomic E-state index is 1.11. The van der Waals surface area contributed by atoms with E-state index in [-0.39, 0.29) is 0 Å². The Labute approximate surface area is 272 Å². The van der Waals surface area contributed by atoms with E-state index in [1.54, 1.807) is 0 Å². The van der Waals surface area contributed by atoms with Crippen molar-refractivity contribution >= 4 is 67.0 Å². The van der Waals surface area contributed by atoms with E-state index in [1.165, 1.54) is 32.9 Å². The van der Waals surface area contributed by atoms with Crippen LogP contribution in [0.15, 0.2) is 158 Å². The fourth-order valence-electron chi connectivity index (χ4n) is 6.33. The van der Waals surface area contributed by atoms with Gasteiger partial charge in [-0.3, -0.25) is 0 Å². The van der Waals surface area contributed by atoms with Crippen molar-refractivity contribution in [3.05, 3.63) is 158 Å². The lowest BCUT2D eigenvalue weighted by Crippen LogP contribution is -2.15. The molecule has 0 amide bonds. The van der Waals surface area contributed by atoms with Crippen LogP contribution in [0.3, 0.4) is 0 Å². The van der Waals surface area contributed by atoms with Gasteiger partial charge in [0, 0.05) is 83.9 Å². The third-order valence-corrected chi connectivity index (χ3v) is 8.60. The third kappa shape index (κ3) is 5.28. The van der Waals surface area contributed by atoms with E-state index in [9.17, 15) is 0 Å². The zero-order valence-corrected chi connectivity index (χ0v) is 26.8. The van der Waals surface area contributed by atoms with Gasteiger partial charge in [0.15, 0.2) is 0 Å². The fraction of sp³-hybridized carbons (Fsp3) is 0.0952. The largest absolute Gasteiger partial charge is 0.378 e. The topological polar surface area (TPSA) is 13.0 Å². The van der Waals surface area contributed by atoms with Crippen molar-refractivity contribution in [2.75, 3.05) is 47.8 Å². The number of para-hydroxylation sites is 2. The first-order chi connectivity index (χ1) is 22.5. The molecule has 0 aliphatic carbocycles. The Balaban J connectivity index is 1.56. The van der Waals surface area contributed by atoms with Gasteiger partial charge in [-0.25, -0.2) is 0 Å². The number of hydrogen-bond acceptors (Lipinski definition) is 4. The first-order valence-corrected chi connectivity index (χ1v) is 15.7. The predicted molar refractivity (Wildman–Crippen MR) is 199 cm³/mol. The molecule has 0 saturated heterocycles. The van der Waals surface area contributed by atoms with E-state index in [1.807, 2.05) is 0 Å². The molecule has 0 spiro atoms. The highest BCUT2D eigenvalue weighted by Gasteiger charge is 2.25. The van der Waals surface area contributed by atoms with Gasteiger partial charge in [-0.05, 0) is 72.8 Å². The molecule has 0 N–H and O–H groups in total. The fourth-order valence-corrected chi connectivity index (χ4v) is 6.33. The molecule has 226 valence electrons. The van der Waals surface area contributed by atoms with Gasteiger partial charge >= 0.3 is 0 Å². The van der Waals surface area contributed by atoms with E-state index in [0.717, 1.165) is 34.1 Å². The highest BCUT2D eigenvalue weighted by molar-refractivity contribution is 6.23. The van der Waals surface area contributed by atoms with Crippen molar-refractivity contribution in [2.24, 2.45) is 0 Å². The van der Waals surface area contributed by atoms with Crippen LogP contribution in [0.1, 0.15) is 0 Å². The quantitative estimate of drug-likeness (QED) is 0.127. The Bertz CT molecular complexity index is 1880. The molecule has 0 unspecified atom stereocenters. The highest BCUT2D eigenvalue weighted by Crippen LogP contribution is 2.51. The first kappa shape index (κ1) is 29.0. The van der Waals surface area contributed by atoms with Crippen molar-refractivity contribution in [1.82, 2.24) is 0 Å². The summed E-state index contributed by atoms with van der Waals surface area (Å²) in [6.45, 7) is 0. The average molecular weight is 599 g/mol. The molecule has 7 aromatic carbocycles. The molecule has 0 aliphatic heterocycles. The number of rotatable bonds is 8. The summed E-state index contributed by atoms with van der Waals surface area (Å²) in [5, 5.41) is 4.73. The SMILES string of the molecule is CN(C)c1ccc(N(c2ccccc2)c2c3ccccc3c(N(c3ccccc3)c3ccc(N(C)C)cc3)c3ccccc23)cc1. The molecule has 7 rings (SSSR count). The molecule has 0 atom stereocenters. The summed E-state index contributed by atoms with van der Waals surface area (Å²) in [5.74, 6) is 0. The normalized spacial score (nSPS) is 11.0. The minimum absolute atomic E-state index is 1.11. The maximum absolute atomic E-state index is 2.41. The van der Waals surface area contributed by atoms with Crippen molar-refractivity contribution in [3.63, 3.8) is 0 Å². The molecule has 0 aliphatic rings. The lowest BCUT2D eigenvalue weighted by molar-refractivity contribution is 1.13. The Morgan fingerprint density at radius 1 is 0.261 bits per heavy atom. The molecule has 7 aromatic rings. The van der Waals surface area contributed by atoms with E-state index in [4.69, 9.17) is 0 Å². The van der Waals surface area contributed by atoms with Gasteiger partial charge in [-0.15, -0.1) is 0 Å². The Hall–Kier alpha value is -5.74. The summed E-state index contributed by atoms with van der Waals surface area (Å²) in [6.07, 6.45) is 0. The number of nitrogens with zero attached hydrogens (tertiary/aromatic N) is 4. The maximum Gasteiger partial charge on any atom is 0.0619 e. The summed E-state index contributed by atoms with van der Waals surface area (Å²) in [4.78, 5) is 9.10. The van der Waals surface area contributed by atoms with E-state index >= 15 is 0 Å². The molecular formula is C42H38N4. The summed E-state index contributed by atoms with van der Waals surface area (Å²) >= 11 is 0. The molecular weight excluding hydrogens is 560 g/mol. The van der Waals surface area contributed by atoms with Crippen LogP contribution in [0.25, 0.3) is 21.5 Å². The van der Waals surface area contributed by atoms with Crippen LogP contribution in [0.5, 0.6) is 0 Å². The monoisotopic (exact) mass is 598 g/mol. The van der Waals surface area contributed by atoms with Crippen LogP contribution in [-0.4, -0.2) is 28.2 Å². The minimum Gasteiger partial charge on any atom is -0.378 e. The molecule has 0 radical (unpaired) electrons. The second kappa shape index (κ2) is 12.3. The standard InChI is InChI=1S/C42H38N4/c1-43(2)31-23-27-35(28-24-31)45(33-15-7-5-8-16-33)41-37-19-11-13-21-39(37)42(40-22-14-12-20-38(40)41)46(34-17-9-6-10-18-34)36-29-25-32(26-30-36)44(3)4/h5-30H,1-4H3. The maximum atomic E-state index is 2.41. The lowest BCUT2D eigenvalue weighted by atomic mass is 9.95. The zero-order chi connectivity index (χ0) is 31.6. The van der Waals surface area contributed by atoms with Crippen LogP contribution in [-0.2, 0) is 0 Å². The van der Waals surface area contributed by atoms with Crippen LogP contribution in [0, 0.1) is 0 Å². The molecule has 0 aromatic heterocycles. The Morgan fingerprint density at radius 2 is 0.500 bits per heavy atom. The average Bonchev–Trinajstić information content (AvgIpc) is 3.10. The van der Waals surface area contributed by atoms with Crippen LogP contribution in [0.4, 0.5) is 45.5 Å². The van der Waals surface area contributed by atoms with Gasteiger partial charge in [0.25, 0.3) is 0 Å². The van der Waals surface area contributed by atoms with Gasteiger partial charge < -0.3 is 19.6 Å². The Morgan fingerprint density at radius 3 is 0.783 bits per heavy atom. The summed E-state index contributed by atoms with van der Waals surface area (Å²) < 4.78 is 0. The molecule has 0 fully saturated rings.